The van der Waals surface area contributed by atoms with Crippen molar-refractivity contribution in [2.75, 3.05) is 13.1 Å². The minimum atomic E-state index is -3.59. The molecule has 142 valence electrons. The molecule has 3 heterocycles. The zero-order chi connectivity index (χ0) is 19.2. The van der Waals surface area contributed by atoms with Crippen LogP contribution in [0.15, 0.2) is 52.3 Å². The van der Waals surface area contributed by atoms with E-state index in [1.165, 1.54) is 4.31 Å². The van der Waals surface area contributed by atoms with Crippen molar-refractivity contribution in [1.82, 2.24) is 18.4 Å². The van der Waals surface area contributed by atoms with Crippen LogP contribution in [0.5, 0.6) is 0 Å². The van der Waals surface area contributed by atoms with E-state index in [1.54, 1.807) is 40.6 Å². The van der Waals surface area contributed by atoms with Gasteiger partial charge in [0.05, 0.1) is 16.5 Å². The van der Waals surface area contributed by atoms with Crippen molar-refractivity contribution in [2.24, 2.45) is 7.05 Å². The van der Waals surface area contributed by atoms with Gasteiger partial charge in [-0.25, -0.2) is 18.2 Å². The van der Waals surface area contributed by atoms with Crippen molar-refractivity contribution in [3.05, 3.63) is 58.6 Å². The molecule has 4 rings (SSSR count). The van der Waals surface area contributed by atoms with E-state index < -0.39 is 10.0 Å². The Bertz CT molecular complexity index is 1160. The standard InChI is InChI=1S/C19H22N4O3S/c1-3-14-7-4-5-9-17(14)27(25,26)22-12-10-15(13-22)23-18-16(8-6-11-20-18)21(2)19(23)24/h4-9,11,15H,3,10,12-13H2,1-2H3. The first-order valence-electron chi connectivity index (χ1n) is 9.05. The summed E-state index contributed by atoms with van der Waals surface area (Å²) in [4.78, 5) is 17.4. The molecule has 1 fully saturated rings. The highest BCUT2D eigenvalue weighted by atomic mass is 32.2. The van der Waals surface area contributed by atoms with Gasteiger partial charge in [-0.3, -0.25) is 9.13 Å². The smallest absolute Gasteiger partial charge is 0.293 e. The summed E-state index contributed by atoms with van der Waals surface area (Å²) in [6, 6.07) is 10.5. The van der Waals surface area contributed by atoms with Gasteiger partial charge >= 0.3 is 5.69 Å². The third kappa shape index (κ3) is 2.80. The van der Waals surface area contributed by atoms with Crippen molar-refractivity contribution >= 4 is 21.2 Å². The number of fused-ring (bicyclic) bond motifs is 1. The highest BCUT2D eigenvalue weighted by Crippen LogP contribution is 2.29. The van der Waals surface area contributed by atoms with Crippen LogP contribution in [0.25, 0.3) is 11.2 Å². The first-order valence-corrected chi connectivity index (χ1v) is 10.5. The van der Waals surface area contributed by atoms with Crippen molar-refractivity contribution in [3.8, 4) is 0 Å². The van der Waals surface area contributed by atoms with Gasteiger partial charge in [0.25, 0.3) is 0 Å². The zero-order valence-electron chi connectivity index (χ0n) is 15.4. The zero-order valence-corrected chi connectivity index (χ0v) is 16.2. The lowest BCUT2D eigenvalue weighted by Crippen LogP contribution is -2.32. The molecular weight excluding hydrogens is 364 g/mol. The van der Waals surface area contributed by atoms with Crippen molar-refractivity contribution in [3.63, 3.8) is 0 Å². The Labute approximate surface area is 157 Å². The molecule has 0 spiro atoms. The number of benzene rings is 1. The van der Waals surface area contributed by atoms with Gasteiger partial charge in [0, 0.05) is 26.3 Å². The number of pyridine rings is 1. The number of aryl methyl sites for hydroxylation is 2. The van der Waals surface area contributed by atoms with Crippen LogP contribution in [-0.4, -0.2) is 39.9 Å². The summed E-state index contributed by atoms with van der Waals surface area (Å²) in [5.74, 6) is 0. The Balaban J connectivity index is 1.71. The van der Waals surface area contributed by atoms with Gasteiger partial charge in [0.15, 0.2) is 5.65 Å². The normalized spacial score (nSPS) is 18.4. The maximum atomic E-state index is 13.2. The van der Waals surface area contributed by atoms with E-state index in [9.17, 15) is 13.2 Å². The second-order valence-corrected chi connectivity index (χ2v) is 8.73. The Morgan fingerprint density at radius 2 is 1.96 bits per heavy atom. The van der Waals surface area contributed by atoms with E-state index in [-0.39, 0.29) is 18.3 Å². The summed E-state index contributed by atoms with van der Waals surface area (Å²) < 4.78 is 31.0. The number of aromatic nitrogens is 3. The number of rotatable bonds is 4. The fraction of sp³-hybridized carbons (Fsp3) is 0.368. The summed E-state index contributed by atoms with van der Waals surface area (Å²) in [7, 11) is -1.88. The molecule has 1 atom stereocenters. The summed E-state index contributed by atoms with van der Waals surface area (Å²) in [6.07, 6.45) is 2.89. The van der Waals surface area contributed by atoms with Crippen LogP contribution in [0.2, 0.25) is 0 Å². The maximum Gasteiger partial charge on any atom is 0.330 e. The topological polar surface area (TPSA) is 77.2 Å². The molecule has 1 aliphatic heterocycles. The third-order valence-electron chi connectivity index (χ3n) is 5.31. The van der Waals surface area contributed by atoms with E-state index in [4.69, 9.17) is 0 Å². The average Bonchev–Trinajstić information content (AvgIpc) is 3.26. The highest BCUT2D eigenvalue weighted by Gasteiger charge is 2.35. The first kappa shape index (κ1) is 17.9. The Morgan fingerprint density at radius 3 is 2.74 bits per heavy atom. The monoisotopic (exact) mass is 386 g/mol. The van der Waals surface area contributed by atoms with Crippen LogP contribution >= 0.6 is 0 Å². The molecule has 8 heteroatoms. The molecule has 1 saturated heterocycles. The van der Waals surface area contributed by atoms with Gasteiger partial charge in [0.1, 0.15) is 0 Å². The molecule has 1 unspecified atom stereocenters. The van der Waals surface area contributed by atoms with Gasteiger partial charge in [-0.15, -0.1) is 0 Å². The van der Waals surface area contributed by atoms with E-state index >= 15 is 0 Å². The van der Waals surface area contributed by atoms with Crippen LogP contribution in [0.1, 0.15) is 24.9 Å². The third-order valence-corrected chi connectivity index (χ3v) is 7.28. The number of hydrogen-bond donors (Lipinski definition) is 0. The average molecular weight is 386 g/mol. The second kappa shape index (κ2) is 6.61. The lowest BCUT2D eigenvalue weighted by molar-refractivity contribution is 0.448. The lowest BCUT2D eigenvalue weighted by Gasteiger charge is -2.19. The minimum absolute atomic E-state index is 0.165. The summed E-state index contributed by atoms with van der Waals surface area (Å²) in [5.41, 5.74) is 2.00. The Hall–Kier alpha value is -2.45. The van der Waals surface area contributed by atoms with Gasteiger partial charge in [-0.05, 0) is 36.6 Å². The lowest BCUT2D eigenvalue weighted by atomic mass is 10.2. The molecule has 0 bridgehead atoms. The molecule has 7 nitrogen and oxygen atoms in total. The largest absolute Gasteiger partial charge is 0.330 e. The maximum absolute atomic E-state index is 13.2. The molecular formula is C19H22N4O3S. The fourth-order valence-corrected chi connectivity index (χ4v) is 5.63. The van der Waals surface area contributed by atoms with Crippen LogP contribution < -0.4 is 5.69 Å². The van der Waals surface area contributed by atoms with Crippen LogP contribution in [0.3, 0.4) is 0 Å². The molecule has 3 aromatic rings. The minimum Gasteiger partial charge on any atom is -0.293 e. The highest BCUT2D eigenvalue weighted by molar-refractivity contribution is 7.89. The second-order valence-electron chi connectivity index (χ2n) is 6.82. The van der Waals surface area contributed by atoms with Gasteiger partial charge < -0.3 is 0 Å². The van der Waals surface area contributed by atoms with E-state index in [0.29, 0.717) is 29.9 Å². The summed E-state index contributed by atoms with van der Waals surface area (Å²) in [5, 5.41) is 0. The molecule has 2 aromatic heterocycles. The van der Waals surface area contributed by atoms with Crippen LogP contribution in [0.4, 0.5) is 0 Å². The van der Waals surface area contributed by atoms with E-state index in [0.717, 1.165) is 11.1 Å². The van der Waals surface area contributed by atoms with Gasteiger partial charge in [-0.2, -0.15) is 4.31 Å². The van der Waals surface area contributed by atoms with Gasteiger partial charge in [0.2, 0.25) is 10.0 Å². The first-order chi connectivity index (χ1) is 12.9. The van der Waals surface area contributed by atoms with Crippen LogP contribution in [-0.2, 0) is 23.5 Å². The molecule has 27 heavy (non-hydrogen) atoms. The molecule has 0 N–H and O–H groups in total. The predicted molar refractivity (Wildman–Crippen MR) is 103 cm³/mol. The summed E-state index contributed by atoms with van der Waals surface area (Å²) >= 11 is 0. The molecule has 0 saturated carbocycles. The molecule has 0 amide bonds. The predicted octanol–water partition coefficient (Wildman–Crippen LogP) is 1.93. The Morgan fingerprint density at radius 1 is 1.19 bits per heavy atom. The van der Waals surface area contributed by atoms with E-state index in [2.05, 4.69) is 4.98 Å². The Kier molecular flexibility index (Phi) is 4.39. The number of imidazole rings is 1. The van der Waals surface area contributed by atoms with Gasteiger partial charge in [-0.1, -0.05) is 25.1 Å². The van der Waals surface area contributed by atoms with Crippen molar-refractivity contribution in [2.45, 2.75) is 30.7 Å². The number of sulfonamides is 1. The quantitative estimate of drug-likeness (QED) is 0.687. The van der Waals surface area contributed by atoms with Crippen molar-refractivity contribution < 1.29 is 8.42 Å². The molecule has 1 aromatic carbocycles. The fourth-order valence-electron chi connectivity index (χ4n) is 3.85. The molecule has 0 aliphatic carbocycles. The number of nitrogens with zero attached hydrogens (tertiary/aromatic N) is 4. The SMILES string of the molecule is CCc1ccccc1S(=O)(=O)N1CCC(n2c(=O)n(C)c3cccnc32)C1. The molecule has 1 aliphatic rings. The summed E-state index contributed by atoms with van der Waals surface area (Å²) in [6.45, 7) is 2.61. The van der Waals surface area contributed by atoms with E-state index in [1.807, 2.05) is 25.1 Å². The van der Waals surface area contributed by atoms with Crippen molar-refractivity contribution in [1.29, 1.82) is 0 Å². The number of hydrogen-bond acceptors (Lipinski definition) is 4. The molecule has 0 radical (unpaired) electrons. The van der Waals surface area contributed by atoms with Crippen LogP contribution in [0, 0.1) is 0 Å².